The van der Waals surface area contributed by atoms with Crippen LogP contribution >= 0.6 is 11.8 Å². The standard InChI is InChI=1S/C9H14N4S/c10-13-9-3-1-2-8(12-9)11-7-4-5-14-6-7/h1-3,7H,4-6,10H2,(H2,11,12,13). The highest BCUT2D eigenvalue weighted by Gasteiger charge is 2.15. The summed E-state index contributed by atoms with van der Waals surface area (Å²) >= 11 is 1.98. The number of hydrazine groups is 1. The van der Waals surface area contributed by atoms with Crippen molar-refractivity contribution in [2.75, 3.05) is 22.2 Å². The number of nitrogens with two attached hydrogens (primary N) is 1. The predicted octanol–water partition coefficient (Wildman–Crippen LogP) is 1.28. The van der Waals surface area contributed by atoms with Gasteiger partial charge in [-0.15, -0.1) is 0 Å². The fraction of sp³-hybridized carbons (Fsp3) is 0.444. The van der Waals surface area contributed by atoms with Gasteiger partial charge in [0, 0.05) is 11.8 Å². The van der Waals surface area contributed by atoms with Crippen molar-refractivity contribution in [3.63, 3.8) is 0 Å². The number of nitrogens with zero attached hydrogens (tertiary/aromatic N) is 1. The first-order valence-electron chi connectivity index (χ1n) is 4.66. The van der Waals surface area contributed by atoms with Crippen LogP contribution in [0.2, 0.25) is 0 Å². The maximum Gasteiger partial charge on any atom is 0.142 e. The van der Waals surface area contributed by atoms with E-state index in [4.69, 9.17) is 5.84 Å². The van der Waals surface area contributed by atoms with Crippen LogP contribution in [-0.2, 0) is 0 Å². The molecule has 0 amide bonds. The Balaban J connectivity index is 2.00. The molecule has 0 bridgehead atoms. The zero-order valence-electron chi connectivity index (χ0n) is 7.86. The van der Waals surface area contributed by atoms with Gasteiger partial charge < -0.3 is 10.7 Å². The first-order valence-corrected chi connectivity index (χ1v) is 5.82. The number of nitrogen functional groups attached to an aromatic ring is 1. The number of aromatic nitrogens is 1. The molecule has 1 aromatic rings. The van der Waals surface area contributed by atoms with Gasteiger partial charge in [-0.2, -0.15) is 11.8 Å². The van der Waals surface area contributed by atoms with E-state index in [0.29, 0.717) is 11.9 Å². The highest BCUT2D eigenvalue weighted by atomic mass is 32.2. The number of nitrogens with one attached hydrogen (secondary N) is 2. The van der Waals surface area contributed by atoms with Crippen molar-refractivity contribution in [1.82, 2.24) is 4.98 Å². The highest BCUT2D eigenvalue weighted by Crippen LogP contribution is 2.20. The van der Waals surface area contributed by atoms with Crippen LogP contribution in [0.1, 0.15) is 6.42 Å². The summed E-state index contributed by atoms with van der Waals surface area (Å²) in [6.45, 7) is 0. The molecule has 1 saturated heterocycles. The Morgan fingerprint density at radius 3 is 3.00 bits per heavy atom. The van der Waals surface area contributed by atoms with E-state index in [-0.39, 0.29) is 0 Å². The topological polar surface area (TPSA) is 63.0 Å². The molecule has 1 aliphatic rings. The second-order valence-corrected chi connectivity index (χ2v) is 4.41. The fourth-order valence-electron chi connectivity index (χ4n) is 1.45. The molecule has 1 aliphatic heterocycles. The van der Waals surface area contributed by atoms with Gasteiger partial charge in [0.2, 0.25) is 0 Å². The Morgan fingerprint density at radius 2 is 2.29 bits per heavy atom. The average molecular weight is 210 g/mol. The molecule has 1 aromatic heterocycles. The van der Waals surface area contributed by atoms with Crippen molar-refractivity contribution in [3.05, 3.63) is 18.2 Å². The summed E-state index contributed by atoms with van der Waals surface area (Å²) in [5.74, 6) is 9.28. The van der Waals surface area contributed by atoms with Crippen LogP contribution in [0.15, 0.2) is 18.2 Å². The average Bonchev–Trinajstić information content (AvgIpc) is 2.71. The third kappa shape index (κ3) is 2.30. The summed E-state index contributed by atoms with van der Waals surface area (Å²) in [5.41, 5.74) is 2.54. The van der Waals surface area contributed by atoms with Crippen LogP contribution in [0.4, 0.5) is 11.6 Å². The molecule has 1 atom stereocenters. The molecule has 5 heteroatoms. The Hall–Kier alpha value is -0.940. The summed E-state index contributed by atoms with van der Waals surface area (Å²) in [7, 11) is 0. The fourth-order valence-corrected chi connectivity index (χ4v) is 2.61. The van der Waals surface area contributed by atoms with E-state index in [1.807, 2.05) is 30.0 Å². The zero-order valence-corrected chi connectivity index (χ0v) is 8.68. The molecule has 2 heterocycles. The van der Waals surface area contributed by atoms with Crippen molar-refractivity contribution in [2.45, 2.75) is 12.5 Å². The molecule has 0 aromatic carbocycles. The SMILES string of the molecule is NNc1cccc(NC2CCSC2)n1. The molecule has 4 nitrogen and oxygen atoms in total. The van der Waals surface area contributed by atoms with Crippen LogP contribution in [-0.4, -0.2) is 22.5 Å². The molecule has 76 valence electrons. The third-order valence-electron chi connectivity index (χ3n) is 2.18. The molecule has 0 radical (unpaired) electrons. The van der Waals surface area contributed by atoms with E-state index >= 15 is 0 Å². The molecule has 0 aliphatic carbocycles. The Bertz CT molecular complexity index is 299. The summed E-state index contributed by atoms with van der Waals surface area (Å²) in [6.07, 6.45) is 1.21. The summed E-state index contributed by atoms with van der Waals surface area (Å²) < 4.78 is 0. The van der Waals surface area contributed by atoms with E-state index in [9.17, 15) is 0 Å². The molecule has 0 saturated carbocycles. The number of thioether (sulfide) groups is 1. The van der Waals surface area contributed by atoms with E-state index < -0.39 is 0 Å². The van der Waals surface area contributed by atoms with Gasteiger partial charge in [-0.3, -0.25) is 0 Å². The number of pyridine rings is 1. The second kappa shape index (κ2) is 4.52. The number of rotatable bonds is 3. The van der Waals surface area contributed by atoms with E-state index in [1.165, 1.54) is 17.9 Å². The minimum absolute atomic E-state index is 0.556. The lowest BCUT2D eigenvalue weighted by atomic mass is 10.2. The van der Waals surface area contributed by atoms with Crippen molar-refractivity contribution < 1.29 is 0 Å². The first kappa shape index (κ1) is 9.61. The van der Waals surface area contributed by atoms with Crippen molar-refractivity contribution >= 4 is 23.4 Å². The highest BCUT2D eigenvalue weighted by molar-refractivity contribution is 7.99. The molecule has 0 spiro atoms. The molecule has 14 heavy (non-hydrogen) atoms. The maximum atomic E-state index is 5.28. The van der Waals surface area contributed by atoms with Crippen LogP contribution in [0.5, 0.6) is 0 Å². The Labute approximate surface area is 87.6 Å². The van der Waals surface area contributed by atoms with Crippen molar-refractivity contribution in [1.29, 1.82) is 0 Å². The predicted molar refractivity (Wildman–Crippen MR) is 61.4 cm³/mol. The third-order valence-corrected chi connectivity index (χ3v) is 3.34. The lowest BCUT2D eigenvalue weighted by Crippen LogP contribution is -2.19. The molecular formula is C9H14N4S. The van der Waals surface area contributed by atoms with E-state index in [1.54, 1.807) is 0 Å². The number of hydrogen-bond donors (Lipinski definition) is 3. The quantitative estimate of drug-likeness (QED) is 0.518. The van der Waals surface area contributed by atoms with Crippen LogP contribution in [0, 0.1) is 0 Å². The van der Waals surface area contributed by atoms with Gasteiger partial charge in [0.1, 0.15) is 11.6 Å². The number of hydrogen-bond acceptors (Lipinski definition) is 5. The van der Waals surface area contributed by atoms with Crippen LogP contribution < -0.4 is 16.6 Å². The summed E-state index contributed by atoms with van der Waals surface area (Å²) in [6, 6.07) is 6.30. The minimum Gasteiger partial charge on any atom is -0.366 e. The Morgan fingerprint density at radius 1 is 1.43 bits per heavy atom. The van der Waals surface area contributed by atoms with Gasteiger partial charge in [0.25, 0.3) is 0 Å². The smallest absolute Gasteiger partial charge is 0.142 e. The maximum absolute atomic E-state index is 5.28. The van der Waals surface area contributed by atoms with Gasteiger partial charge in [-0.1, -0.05) is 6.07 Å². The van der Waals surface area contributed by atoms with Gasteiger partial charge in [0.15, 0.2) is 0 Å². The number of anilines is 2. The van der Waals surface area contributed by atoms with Gasteiger partial charge in [-0.25, -0.2) is 10.8 Å². The largest absolute Gasteiger partial charge is 0.366 e. The van der Waals surface area contributed by atoms with Crippen LogP contribution in [0.3, 0.4) is 0 Å². The molecule has 4 N–H and O–H groups in total. The monoisotopic (exact) mass is 210 g/mol. The lowest BCUT2D eigenvalue weighted by molar-refractivity contribution is 0.807. The zero-order chi connectivity index (χ0) is 9.80. The Kier molecular flexibility index (Phi) is 3.10. The van der Waals surface area contributed by atoms with E-state index in [0.717, 1.165) is 5.82 Å². The molecule has 1 unspecified atom stereocenters. The van der Waals surface area contributed by atoms with Crippen molar-refractivity contribution in [3.8, 4) is 0 Å². The molecule has 2 rings (SSSR count). The lowest BCUT2D eigenvalue weighted by Gasteiger charge is -2.12. The minimum atomic E-state index is 0.556. The van der Waals surface area contributed by atoms with Crippen LogP contribution in [0.25, 0.3) is 0 Å². The van der Waals surface area contributed by atoms with Gasteiger partial charge >= 0.3 is 0 Å². The molecule has 1 fully saturated rings. The summed E-state index contributed by atoms with van der Waals surface area (Å²) in [4.78, 5) is 4.30. The normalized spacial score (nSPS) is 20.8. The first-order chi connectivity index (χ1) is 6.88. The van der Waals surface area contributed by atoms with Gasteiger partial charge in [0.05, 0.1) is 0 Å². The summed E-state index contributed by atoms with van der Waals surface area (Å²) in [5, 5.41) is 3.39. The van der Waals surface area contributed by atoms with Crippen molar-refractivity contribution in [2.24, 2.45) is 5.84 Å². The van der Waals surface area contributed by atoms with E-state index in [2.05, 4.69) is 15.7 Å². The van der Waals surface area contributed by atoms with Gasteiger partial charge in [-0.05, 0) is 24.3 Å². The molecular weight excluding hydrogens is 196 g/mol. The second-order valence-electron chi connectivity index (χ2n) is 3.26.